The zero-order chi connectivity index (χ0) is 36.3. The summed E-state index contributed by atoms with van der Waals surface area (Å²) in [7, 11) is 0. The number of benzene rings is 7. The maximum absolute atomic E-state index is 2.49. The second kappa shape index (κ2) is 14.9. The van der Waals surface area contributed by atoms with Crippen molar-refractivity contribution in [2.45, 2.75) is 32.7 Å². The summed E-state index contributed by atoms with van der Waals surface area (Å²) in [5.74, 6) is 0.529. The van der Waals surface area contributed by atoms with E-state index in [1.165, 1.54) is 72.8 Å². The van der Waals surface area contributed by atoms with E-state index in [1.807, 2.05) is 0 Å². The number of allylic oxidation sites excluding steroid dienone is 4. The monoisotopic (exact) mass is 696 g/mol. The summed E-state index contributed by atoms with van der Waals surface area (Å²) < 4.78 is 0. The van der Waals surface area contributed by atoms with E-state index in [1.54, 1.807) is 0 Å². The van der Waals surface area contributed by atoms with Crippen LogP contribution in [0.15, 0.2) is 194 Å². The van der Waals surface area contributed by atoms with E-state index in [4.69, 9.17) is 0 Å². The molecular formula is C52H44N2. The van der Waals surface area contributed by atoms with Crippen LogP contribution in [0.5, 0.6) is 0 Å². The molecule has 7 aromatic carbocycles. The number of fused-ring (bicyclic) bond motifs is 3. The summed E-state index contributed by atoms with van der Waals surface area (Å²) in [6, 6.07) is 62.7. The molecule has 0 N–H and O–H groups in total. The van der Waals surface area contributed by atoms with E-state index in [0.29, 0.717) is 5.92 Å². The molecule has 0 saturated heterocycles. The average molecular weight is 697 g/mol. The predicted molar refractivity (Wildman–Crippen MR) is 228 cm³/mol. The van der Waals surface area contributed by atoms with Crippen LogP contribution in [0.1, 0.15) is 34.2 Å². The number of hydrogen-bond donors (Lipinski definition) is 0. The van der Waals surface area contributed by atoms with Crippen LogP contribution in [0, 0.1) is 12.8 Å². The molecule has 262 valence electrons. The molecule has 1 atom stereocenters. The van der Waals surface area contributed by atoms with Crippen LogP contribution in [0.4, 0.5) is 28.4 Å². The molecule has 0 radical (unpaired) electrons. The first-order chi connectivity index (χ1) is 26.7. The molecular weight excluding hydrogens is 653 g/mol. The Bertz CT molecular complexity index is 2490. The Hall–Kier alpha value is -6.38. The molecule has 2 heteroatoms. The zero-order valence-electron chi connectivity index (χ0n) is 30.8. The SMILES string of the molecule is Cc1ccc(-c2cccc(N3c4ccccc4Cc4ccccc4N(c4ccccc4)Cc4ccccc43)c2)cc1-c1ccccc1CC1C=CC=CC1. The topological polar surface area (TPSA) is 6.48 Å². The van der Waals surface area contributed by atoms with Gasteiger partial charge in [-0.05, 0) is 124 Å². The first kappa shape index (κ1) is 33.5. The van der Waals surface area contributed by atoms with E-state index in [9.17, 15) is 0 Å². The summed E-state index contributed by atoms with van der Waals surface area (Å²) in [5, 5.41) is 0. The number of rotatable bonds is 6. The summed E-state index contributed by atoms with van der Waals surface area (Å²) in [4.78, 5) is 4.96. The van der Waals surface area contributed by atoms with Gasteiger partial charge in [-0.2, -0.15) is 0 Å². The molecule has 0 fully saturated rings. The van der Waals surface area contributed by atoms with Crippen molar-refractivity contribution in [1.29, 1.82) is 0 Å². The maximum atomic E-state index is 2.49. The fourth-order valence-corrected chi connectivity index (χ4v) is 8.31. The van der Waals surface area contributed by atoms with Gasteiger partial charge >= 0.3 is 0 Å². The lowest BCUT2D eigenvalue weighted by Gasteiger charge is -2.34. The highest BCUT2D eigenvalue weighted by Gasteiger charge is 2.24. The van der Waals surface area contributed by atoms with Crippen molar-refractivity contribution >= 4 is 28.4 Å². The fraction of sp³-hybridized carbons (Fsp3) is 0.115. The number of aryl methyl sites for hydroxylation is 1. The van der Waals surface area contributed by atoms with Gasteiger partial charge in [0.2, 0.25) is 0 Å². The number of hydrogen-bond acceptors (Lipinski definition) is 2. The van der Waals surface area contributed by atoms with Gasteiger partial charge in [0.05, 0.1) is 12.2 Å². The molecule has 1 aliphatic heterocycles. The standard InChI is InChI=1S/C52H44N2/c1-38-31-32-41(36-49(38)48-27-12-8-19-42(48)33-39-17-4-2-5-18-39)40-23-16-26-47(35-40)54-51-29-14-10-21-44(51)34-43-20-9-13-28-50(43)53(46-24-6-3-7-25-46)37-45-22-11-15-30-52(45)54/h2-17,19-32,35-36,39H,18,33-34,37H2,1H3. The molecule has 2 aliphatic rings. The highest BCUT2D eigenvalue weighted by Crippen LogP contribution is 2.44. The van der Waals surface area contributed by atoms with Gasteiger partial charge in [0.25, 0.3) is 0 Å². The Kier molecular flexibility index (Phi) is 9.25. The van der Waals surface area contributed by atoms with Gasteiger partial charge < -0.3 is 9.80 Å². The number of para-hydroxylation sites is 4. The average Bonchev–Trinajstić information content (AvgIpc) is 3.23. The predicted octanol–water partition coefficient (Wildman–Crippen LogP) is 13.7. The lowest BCUT2D eigenvalue weighted by molar-refractivity contribution is 0.654. The van der Waals surface area contributed by atoms with E-state index < -0.39 is 0 Å². The molecule has 0 aromatic heterocycles. The molecule has 1 heterocycles. The third-order valence-electron chi connectivity index (χ3n) is 11.1. The van der Waals surface area contributed by atoms with E-state index >= 15 is 0 Å². The van der Waals surface area contributed by atoms with Crippen molar-refractivity contribution in [2.75, 3.05) is 9.80 Å². The fourth-order valence-electron chi connectivity index (χ4n) is 8.31. The van der Waals surface area contributed by atoms with Crippen molar-refractivity contribution in [3.63, 3.8) is 0 Å². The molecule has 2 nitrogen and oxygen atoms in total. The van der Waals surface area contributed by atoms with Crippen molar-refractivity contribution < 1.29 is 0 Å². The first-order valence-electron chi connectivity index (χ1n) is 19.2. The molecule has 9 rings (SSSR count). The van der Waals surface area contributed by atoms with Gasteiger partial charge in [-0.25, -0.2) is 0 Å². The Morgan fingerprint density at radius 2 is 1.17 bits per heavy atom. The lowest BCUT2D eigenvalue weighted by atomic mass is 9.87. The Morgan fingerprint density at radius 3 is 1.96 bits per heavy atom. The summed E-state index contributed by atoms with van der Waals surface area (Å²) in [6.07, 6.45) is 12.0. The highest BCUT2D eigenvalue weighted by molar-refractivity contribution is 5.85. The minimum Gasteiger partial charge on any atom is -0.337 e. The minimum atomic E-state index is 0.529. The summed E-state index contributed by atoms with van der Waals surface area (Å²) in [5.41, 5.74) is 17.6. The van der Waals surface area contributed by atoms with Crippen LogP contribution in [0.25, 0.3) is 22.3 Å². The normalized spacial score (nSPS) is 14.9. The Balaban J connectivity index is 1.16. The van der Waals surface area contributed by atoms with E-state index in [2.05, 4.69) is 211 Å². The van der Waals surface area contributed by atoms with Gasteiger partial charge in [-0.15, -0.1) is 0 Å². The van der Waals surface area contributed by atoms with E-state index in [-0.39, 0.29) is 0 Å². The maximum Gasteiger partial charge on any atom is 0.0511 e. The van der Waals surface area contributed by atoms with Gasteiger partial charge in [-0.3, -0.25) is 0 Å². The lowest BCUT2D eigenvalue weighted by Crippen LogP contribution is -2.22. The molecule has 1 aliphatic carbocycles. The van der Waals surface area contributed by atoms with Gasteiger partial charge in [0.15, 0.2) is 0 Å². The molecule has 1 unspecified atom stereocenters. The molecule has 54 heavy (non-hydrogen) atoms. The molecule has 0 amide bonds. The molecule has 7 aromatic rings. The van der Waals surface area contributed by atoms with Crippen molar-refractivity contribution in [3.05, 3.63) is 222 Å². The quantitative estimate of drug-likeness (QED) is 0.171. The smallest absolute Gasteiger partial charge is 0.0511 e. The van der Waals surface area contributed by atoms with Gasteiger partial charge in [0, 0.05) is 29.2 Å². The minimum absolute atomic E-state index is 0.529. The van der Waals surface area contributed by atoms with Crippen LogP contribution >= 0.6 is 0 Å². The van der Waals surface area contributed by atoms with Crippen LogP contribution in [0.3, 0.4) is 0 Å². The molecule has 0 spiro atoms. The second-order valence-electron chi connectivity index (χ2n) is 14.6. The Morgan fingerprint density at radius 1 is 0.519 bits per heavy atom. The van der Waals surface area contributed by atoms with Crippen molar-refractivity contribution in [2.24, 2.45) is 5.92 Å². The van der Waals surface area contributed by atoms with Crippen LogP contribution in [-0.2, 0) is 19.4 Å². The van der Waals surface area contributed by atoms with Crippen LogP contribution < -0.4 is 9.80 Å². The molecule has 0 saturated carbocycles. The summed E-state index contributed by atoms with van der Waals surface area (Å²) >= 11 is 0. The van der Waals surface area contributed by atoms with Crippen LogP contribution in [0.2, 0.25) is 0 Å². The third-order valence-corrected chi connectivity index (χ3v) is 11.1. The Labute approximate surface area is 320 Å². The number of anilines is 5. The summed E-state index contributed by atoms with van der Waals surface area (Å²) in [6.45, 7) is 2.98. The van der Waals surface area contributed by atoms with Crippen molar-refractivity contribution in [1.82, 2.24) is 0 Å². The van der Waals surface area contributed by atoms with E-state index in [0.717, 1.165) is 31.5 Å². The van der Waals surface area contributed by atoms with Gasteiger partial charge in [-0.1, -0.05) is 146 Å². The van der Waals surface area contributed by atoms with Gasteiger partial charge in [0.1, 0.15) is 0 Å². The third kappa shape index (κ3) is 6.68. The van der Waals surface area contributed by atoms with Crippen LogP contribution in [-0.4, -0.2) is 0 Å². The second-order valence-corrected chi connectivity index (χ2v) is 14.6. The first-order valence-corrected chi connectivity index (χ1v) is 19.2. The number of nitrogens with zero attached hydrogens (tertiary/aromatic N) is 2. The molecule has 0 bridgehead atoms. The zero-order valence-corrected chi connectivity index (χ0v) is 30.8. The van der Waals surface area contributed by atoms with Crippen molar-refractivity contribution in [3.8, 4) is 22.3 Å². The largest absolute Gasteiger partial charge is 0.337 e. The highest BCUT2D eigenvalue weighted by atomic mass is 15.2.